The maximum atomic E-state index is 12.8. The molecule has 0 fully saturated rings. The number of benzene rings is 2. The normalized spacial score (nSPS) is 11.6. The Labute approximate surface area is 175 Å². The lowest BCUT2D eigenvalue weighted by molar-refractivity contribution is -0.118. The summed E-state index contributed by atoms with van der Waals surface area (Å²) in [4.78, 5) is 25.5. The highest BCUT2D eigenvalue weighted by atomic mass is 35.5. The number of hydrogen-bond acceptors (Lipinski definition) is 5. The third kappa shape index (κ3) is 5.77. The molecule has 2 aromatic carbocycles. The number of halogens is 1. The summed E-state index contributed by atoms with van der Waals surface area (Å²) in [5.41, 5.74) is 0.830. The van der Waals surface area contributed by atoms with Gasteiger partial charge in [0.1, 0.15) is 23.3 Å². The minimum absolute atomic E-state index is 0.153. The Morgan fingerprint density at radius 2 is 1.55 bits per heavy atom. The molecule has 7 nitrogen and oxygen atoms in total. The molecule has 1 atom stereocenters. The van der Waals surface area contributed by atoms with Gasteiger partial charge < -0.3 is 24.8 Å². The number of rotatable bonds is 8. The van der Waals surface area contributed by atoms with E-state index in [1.807, 2.05) is 13.8 Å². The van der Waals surface area contributed by atoms with Crippen molar-refractivity contribution in [2.45, 2.75) is 19.9 Å². The second-order valence-electron chi connectivity index (χ2n) is 6.64. The van der Waals surface area contributed by atoms with Crippen molar-refractivity contribution >= 4 is 29.1 Å². The number of anilines is 1. The Bertz CT molecular complexity index is 863. The van der Waals surface area contributed by atoms with Gasteiger partial charge >= 0.3 is 0 Å². The van der Waals surface area contributed by atoms with Crippen LogP contribution in [-0.2, 0) is 4.79 Å². The number of carbonyl (C=O) groups excluding carboxylic acids is 2. The fourth-order valence-corrected chi connectivity index (χ4v) is 2.92. The van der Waals surface area contributed by atoms with Gasteiger partial charge in [-0.25, -0.2) is 0 Å². The zero-order valence-corrected chi connectivity index (χ0v) is 17.8. The van der Waals surface area contributed by atoms with Gasteiger partial charge in [-0.15, -0.1) is 0 Å². The summed E-state index contributed by atoms with van der Waals surface area (Å²) in [5, 5.41) is 5.92. The standard InChI is InChI=1S/C21H25ClN2O5/c1-12(2)19(21(26)23-14-6-7-18(29-5)17(22)10-14)24-20(25)13-8-15(27-3)11-16(9-13)28-4/h6-12,19H,1-5H3,(H,23,26)(H,24,25)/t19-/m0/s1. The van der Waals surface area contributed by atoms with Crippen LogP contribution in [0.15, 0.2) is 36.4 Å². The van der Waals surface area contributed by atoms with E-state index >= 15 is 0 Å². The lowest BCUT2D eigenvalue weighted by Gasteiger charge is -2.22. The van der Waals surface area contributed by atoms with Crippen LogP contribution >= 0.6 is 11.6 Å². The Kier molecular flexibility index (Phi) is 7.73. The second kappa shape index (κ2) is 10.0. The maximum Gasteiger partial charge on any atom is 0.252 e. The number of carbonyl (C=O) groups is 2. The van der Waals surface area contributed by atoms with Crippen molar-refractivity contribution < 1.29 is 23.8 Å². The zero-order valence-electron chi connectivity index (χ0n) is 17.0. The SMILES string of the molecule is COc1cc(OC)cc(C(=O)N[C@H](C(=O)Nc2ccc(OC)c(Cl)c2)C(C)C)c1. The summed E-state index contributed by atoms with van der Waals surface area (Å²) >= 11 is 6.11. The third-order valence-corrected chi connectivity index (χ3v) is 4.56. The summed E-state index contributed by atoms with van der Waals surface area (Å²) in [5.74, 6) is 0.541. The molecule has 2 aromatic rings. The van der Waals surface area contributed by atoms with Crippen LogP contribution in [-0.4, -0.2) is 39.2 Å². The van der Waals surface area contributed by atoms with Crippen LogP contribution < -0.4 is 24.8 Å². The van der Waals surface area contributed by atoms with Gasteiger partial charge in [-0.2, -0.15) is 0 Å². The topological polar surface area (TPSA) is 85.9 Å². The predicted molar refractivity (Wildman–Crippen MR) is 112 cm³/mol. The van der Waals surface area contributed by atoms with Crippen molar-refractivity contribution in [3.63, 3.8) is 0 Å². The molecule has 29 heavy (non-hydrogen) atoms. The van der Waals surface area contributed by atoms with Crippen LogP contribution in [0.5, 0.6) is 17.2 Å². The van der Waals surface area contributed by atoms with E-state index in [9.17, 15) is 9.59 Å². The van der Waals surface area contributed by atoms with Gasteiger partial charge in [0.25, 0.3) is 5.91 Å². The number of methoxy groups -OCH3 is 3. The fourth-order valence-electron chi connectivity index (χ4n) is 2.66. The third-order valence-electron chi connectivity index (χ3n) is 4.27. The van der Waals surface area contributed by atoms with Crippen LogP contribution in [0.2, 0.25) is 5.02 Å². The van der Waals surface area contributed by atoms with Gasteiger partial charge in [-0.3, -0.25) is 9.59 Å². The molecule has 0 heterocycles. The van der Waals surface area contributed by atoms with Crippen molar-refractivity contribution in [3.05, 3.63) is 47.0 Å². The minimum Gasteiger partial charge on any atom is -0.497 e. The lowest BCUT2D eigenvalue weighted by Crippen LogP contribution is -2.47. The van der Waals surface area contributed by atoms with Crippen LogP contribution in [0.4, 0.5) is 5.69 Å². The molecule has 0 saturated heterocycles. The van der Waals surface area contributed by atoms with Crippen molar-refractivity contribution in [1.82, 2.24) is 5.32 Å². The van der Waals surface area contributed by atoms with Crippen LogP contribution in [0, 0.1) is 5.92 Å². The smallest absolute Gasteiger partial charge is 0.252 e. The highest BCUT2D eigenvalue weighted by Crippen LogP contribution is 2.27. The van der Waals surface area contributed by atoms with Gasteiger partial charge in [-0.05, 0) is 36.2 Å². The molecule has 2 amide bonds. The molecular formula is C21H25ClN2O5. The van der Waals surface area contributed by atoms with Gasteiger partial charge in [-0.1, -0.05) is 25.4 Å². The molecule has 0 aliphatic rings. The molecule has 0 radical (unpaired) electrons. The first-order valence-corrected chi connectivity index (χ1v) is 9.35. The highest BCUT2D eigenvalue weighted by Gasteiger charge is 2.25. The van der Waals surface area contributed by atoms with Crippen LogP contribution in [0.25, 0.3) is 0 Å². The van der Waals surface area contributed by atoms with Crippen molar-refractivity contribution in [2.24, 2.45) is 5.92 Å². The molecule has 8 heteroatoms. The Morgan fingerprint density at radius 1 is 0.931 bits per heavy atom. The van der Waals surface area contributed by atoms with E-state index < -0.39 is 11.9 Å². The van der Waals surface area contributed by atoms with E-state index in [1.165, 1.54) is 21.3 Å². The van der Waals surface area contributed by atoms with E-state index in [0.717, 1.165) is 0 Å². The Balaban J connectivity index is 2.18. The predicted octanol–water partition coefficient (Wildman–Crippen LogP) is 3.76. The number of ether oxygens (including phenoxy) is 3. The van der Waals surface area contributed by atoms with Crippen LogP contribution in [0.1, 0.15) is 24.2 Å². The van der Waals surface area contributed by atoms with Gasteiger partial charge in [0.15, 0.2) is 0 Å². The Morgan fingerprint density at radius 3 is 2.03 bits per heavy atom. The van der Waals surface area contributed by atoms with Gasteiger partial charge in [0.05, 0.1) is 26.4 Å². The van der Waals surface area contributed by atoms with Gasteiger partial charge in [0, 0.05) is 17.3 Å². The quantitative estimate of drug-likeness (QED) is 0.679. The molecule has 0 spiro atoms. The summed E-state index contributed by atoms with van der Waals surface area (Å²) in [6, 6.07) is 8.98. The van der Waals surface area contributed by atoms with Crippen LogP contribution in [0.3, 0.4) is 0 Å². The van der Waals surface area contributed by atoms with E-state index in [4.69, 9.17) is 25.8 Å². The lowest BCUT2D eigenvalue weighted by atomic mass is 10.0. The average molecular weight is 421 g/mol. The molecule has 0 aromatic heterocycles. The fraction of sp³-hybridized carbons (Fsp3) is 0.333. The number of amides is 2. The minimum atomic E-state index is -0.763. The second-order valence-corrected chi connectivity index (χ2v) is 7.04. The number of hydrogen-bond donors (Lipinski definition) is 2. The monoisotopic (exact) mass is 420 g/mol. The first kappa shape index (κ1) is 22.4. The Hall–Kier alpha value is -2.93. The maximum absolute atomic E-state index is 12.8. The summed E-state index contributed by atoms with van der Waals surface area (Å²) in [6.07, 6.45) is 0. The molecular weight excluding hydrogens is 396 g/mol. The molecule has 0 unspecified atom stereocenters. The van der Waals surface area contributed by atoms with E-state index in [2.05, 4.69) is 10.6 Å². The zero-order chi connectivity index (χ0) is 21.6. The summed E-state index contributed by atoms with van der Waals surface area (Å²) in [6.45, 7) is 3.69. The molecule has 0 bridgehead atoms. The molecule has 0 aliphatic heterocycles. The van der Waals surface area contributed by atoms with Crippen molar-refractivity contribution in [1.29, 1.82) is 0 Å². The highest BCUT2D eigenvalue weighted by molar-refractivity contribution is 6.32. The van der Waals surface area contributed by atoms with Crippen molar-refractivity contribution in [3.8, 4) is 17.2 Å². The molecule has 0 aliphatic carbocycles. The first-order valence-electron chi connectivity index (χ1n) is 8.97. The number of nitrogens with one attached hydrogen (secondary N) is 2. The van der Waals surface area contributed by atoms with E-state index in [1.54, 1.807) is 36.4 Å². The van der Waals surface area contributed by atoms with Crippen molar-refractivity contribution in [2.75, 3.05) is 26.6 Å². The molecule has 2 rings (SSSR count). The average Bonchev–Trinajstić information content (AvgIpc) is 2.71. The molecule has 156 valence electrons. The molecule has 0 saturated carbocycles. The van der Waals surface area contributed by atoms with E-state index in [0.29, 0.717) is 33.5 Å². The summed E-state index contributed by atoms with van der Waals surface area (Å²) < 4.78 is 15.5. The van der Waals surface area contributed by atoms with Gasteiger partial charge in [0.2, 0.25) is 5.91 Å². The first-order chi connectivity index (χ1) is 13.8. The molecule has 2 N–H and O–H groups in total. The largest absolute Gasteiger partial charge is 0.497 e. The van der Waals surface area contributed by atoms with E-state index in [-0.39, 0.29) is 11.8 Å². The summed E-state index contributed by atoms with van der Waals surface area (Å²) in [7, 11) is 4.51.